The number of nitrogens with one attached hydrogen (secondary N) is 2. The Morgan fingerprint density at radius 3 is 2.65 bits per heavy atom. The average Bonchev–Trinajstić information content (AvgIpc) is 2.79. The minimum Gasteiger partial charge on any atom is -0.321 e. The number of likely N-dealkylation sites (tertiary alicyclic amines) is 1. The summed E-state index contributed by atoms with van der Waals surface area (Å²) in [6.07, 6.45) is 2.90. The van der Waals surface area contributed by atoms with Gasteiger partial charge in [-0.15, -0.1) is 0 Å². The highest BCUT2D eigenvalue weighted by Gasteiger charge is 2.22. The first-order valence-electron chi connectivity index (χ1n) is 8.85. The maximum Gasteiger partial charge on any atom is 0.276 e. The highest BCUT2D eigenvalue weighted by Crippen LogP contribution is 2.26. The first kappa shape index (κ1) is 17.1. The smallest absolute Gasteiger partial charge is 0.276 e. The summed E-state index contributed by atoms with van der Waals surface area (Å²) in [6, 6.07) is 8.69. The number of nitrogens with zero attached hydrogens (tertiary/aromatic N) is 2. The molecule has 1 atom stereocenters. The maximum absolute atomic E-state index is 13.2. The summed E-state index contributed by atoms with van der Waals surface area (Å²) < 4.78 is 1.70. The summed E-state index contributed by atoms with van der Waals surface area (Å²) in [5, 5.41) is 4.30. The molecule has 0 saturated carbocycles. The molecule has 3 aromatic rings. The normalized spacial score (nSPS) is 18.9. The first-order valence-corrected chi connectivity index (χ1v) is 9.23. The molecule has 6 nitrogen and oxygen atoms in total. The molecule has 26 heavy (non-hydrogen) atoms. The molecule has 4 rings (SSSR count). The van der Waals surface area contributed by atoms with Crippen molar-refractivity contribution in [2.24, 2.45) is 0 Å². The molecular weight excluding hydrogens is 352 g/mol. The van der Waals surface area contributed by atoms with E-state index < -0.39 is 0 Å². The molecule has 1 aromatic carbocycles. The van der Waals surface area contributed by atoms with E-state index in [0.29, 0.717) is 21.6 Å². The van der Waals surface area contributed by atoms with E-state index in [1.165, 1.54) is 6.07 Å². The Hall–Kier alpha value is -2.31. The van der Waals surface area contributed by atoms with Crippen LogP contribution < -0.4 is 11.1 Å². The van der Waals surface area contributed by atoms with E-state index in [1.807, 2.05) is 12.1 Å². The lowest BCUT2D eigenvalue weighted by atomic mass is 10.1. The number of rotatable bonds is 2. The van der Waals surface area contributed by atoms with Gasteiger partial charge in [0.05, 0.1) is 22.6 Å². The zero-order valence-corrected chi connectivity index (χ0v) is 15.3. The topological polar surface area (TPSA) is 73.9 Å². The number of pyridine rings is 1. The van der Waals surface area contributed by atoms with Crippen molar-refractivity contribution < 1.29 is 0 Å². The van der Waals surface area contributed by atoms with E-state index >= 15 is 0 Å². The van der Waals surface area contributed by atoms with Crippen LogP contribution in [0.1, 0.15) is 25.3 Å². The average molecular weight is 373 g/mol. The summed E-state index contributed by atoms with van der Waals surface area (Å²) >= 11 is 5.96. The summed E-state index contributed by atoms with van der Waals surface area (Å²) in [5.41, 5.74) is 1.55. The summed E-state index contributed by atoms with van der Waals surface area (Å²) in [4.78, 5) is 30.4. The minimum absolute atomic E-state index is 0.0873. The van der Waals surface area contributed by atoms with Gasteiger partial charge < -0.3 is 9.88 Å². The van der Waals surface area contributed by atoms with Gasteiger partial charge in [-0.2, -0.15) is 0 Å². The quantitative estimate of drug-likeness (QED) is 0.726. The number of hydrogen-bond acceptors (Lipinski definition) is 3. The van der Waals surface area contributed by atoms with Gasteiger partial charge in [0.25, 0.3) is 11.1 Å². The Kier molecular flexibility index (Phi) is 4.46. The predicted molar refractivity (Wildman–Crippen MR) is 104 cm³/mol. The minimum atomic E-state index is -0.239. The molecule has 1 aliphatic heterocycles. The van der Waals surface area contributed by atoms with Crippen molar-refractivity contribution >= 4 is 22.5 Å². The van der Waals surface area contributed by atoms with E-state index in [4.69, 9.17) is 11.6 Å². The van der Waals surface area contributed by atoms with Crippen molar-refractivity contribution in [3.8, 4) is 11.3 Å². The predicted octanol–water partition coefficient (Wildman–Crippen LogP) is 3.00. The fourth-order valence-corrected chi connectivity index (χ4v) is 3.87. The second-order valence-corrected chi connectivity index (χ2v) is 7.42. The third-order valence-corrected chi connectivity index (χ3v) is 5.39. The lowest BCUT2D eigenvalue weighted by Crippen LogP contribution is -2.24. The number of hydrogen-bond donors (Lipinski definition) is 2. The lowest BCUT2D eigenvalue weighted by molar-refractivity contribution is 0.336. The van der Waals surface area contributed by atoms with Crippen molar-refractivity contribution in [2.45, 2.75) is 25.3 Å². The molecule has 2 N–H and O–H groups in total. The number of H-pyrrole nitrogens is 2. The third kappa shape index (κ3) is 3.10. The molecule has 7 heteroatoms. The Morgan fingerprint density at radius 1 is 1.12 bits per heavy atom. The fourth-order valence-electron chi connectivity index (χ4n) is 3.74. The molecule has 2 aromatic heterocycles. The monoisotopic (exact) mass is 372 g/mol. The van der Waals surface area contributed by atoms with Crippen LogP contribution in [-0.4, -0.2) is 39.8 Å². The molecule has 0 aliphatic carbocycles. The summed E-state index contributed by atoms with van der Waals surface area (Å²) in [7, 11) is 2.10. The largest absolute Gasteiger partial charge is 0.321 e. The SMILES string of the molecule is CN1CCCC(n2[nH]c3cc(=O)[nH]c(-c4ccc(Cl)cc4)c3c2=O)CC1. The zero-order valence-electron chi connectivity index (χ0n) is 14.6. The number of fused-ring (bicyclic) bond motifs is 1. The number of aromatic amines is 2. The van der Waals surface area contributed by atoms with Gasteiger partial charge in [-0.3, -0.25) is 14.7 Å². The van der Waals surface area contributed by atoms with E-state index in [1.54, 1.807) is 16.8 Å². The maximum atomic E-state index is 13.2. The standard InChI is InChI=1S/C19H21ClN4O2/c1-23-9-2-3-14(8-10-23)24-19(26)17-15(22-24)11-16(25)21-18(17)12-4-6-13(20)7-5-12/h4-7,11,14,22H,2-3,8-10H2,1H3,(H,21,25). The zero-order chi connectivity index (χ0) is 18.3. The van der Waals surface area contributed by atoms with Crippen LogP contribution in [0.25, 0.3) is 22.2 Å². The number of aromatic nitrogens is 3. The molecule has 0 amide bonds. The van der Waals surface area contributed by atoms with Crippen molar-refractivity contribution in [1.29, 1.82) is 0 Å². The molecule has 0 bridgehead atoms. The van der Waals surface area contributed by atoms with E-state index in [0.717, 1.165) is 37.9 Å². The van der Waals surface area contributed by atoms with Crippen LogP contribution in [0.4, 0.5) is 0 Å². The molecule has 3 heterocycles. The van der Waals surface area contributed by atoms with E-state index in [-0.39, 0.29) is 17.2 Å². The van der Waals surface area contributed by atoms with Crippen molar-refractivity contribution in [2.75, 3.05) is 20.1 Å². The molecule has 1 saturated heterocycles. The Morgan fingerprint density at radius 2 is 1.88 bits per heavy atom. The Labute approximate surface area is 155 Å². The van der Waals surface area contributed by atoms with Gasteiger partial charge >= 0.3 is 0 Å². The Bertz CT molecular complexity index is 1050. The second kappa shape index (κ2) is 6.78. The molecule has 0 spiro atoms. The molecule has 136 valence electrons. The van der Waals surface area contributed by atoms with Gasteiger partial charge in [-0.25, -0.2) is 4.68 Å². The van der Waals surface area contributed by atoms with Gasteiger partial charge in [0.15, 0.2) is 0 Å². The lowest BCUT2D eigenvalue weighted by Gasteiger charge is -2.15. The van der Waals surface area contributed by atoms with Gasteiger partial charge in [0.2, 0.25) is 0 Å². The van der Waals surface area contributed by atoms with Gasteiger partial charge in [0.1, 0.15) is 0 Å². The van der Waals surface area contributed by atoms with Crippen LogP contribution in [0, 0.1) is 0 Å². The number of halogens is 1. The third-order valence-electron chi connectivity index (χ3n) is 5.14. The van der Waals surface area contributed by atoms with E-state index in [2.05, 4.69) is 22.0 Å². The van der Waals surface area contributed by atoms with Crippen LogP contribution in [0.15, 0.2) is 39.9 Å². The van der Waals surface area contributed by atoms with Crippen molar-refractivity contribution in [3.63, 3.8) is 0 Å². The molecule has 1 fully saturated rings. The van der Waals surface area contributed by atoms with Gasteiger partial charge in [-0.05, 0) is 57.1 Å². The molecule has 1 unspecified atom stereocenters. The second-order valence-electron chi connectivity index (χ2n) is 6.98. The molecule has 1 aliphatic rings. The van der Waals surface area contributed by atoms with Gasteiger partial charge in [0, 0.05) is 11.1 Å². The van der Waals surface area contributed by atoms with Crippen LogP contribution >= 0.6 is 11.6 Å². The fraction of sp³-hybridized carbons (Fsp3) is 0.368. The molecular formula is C19H21ClN4O2. The Balaban J connectivity index is 1.87. The van der Waals surface area contributed by atoms with E-state index in [9.17, 15) is 9.59 Å². The van der Waals surface area contributed by atoms with Crippen LogP contribution in [0.2, 0.25) is 5.02 Å². The summed E-state index contributed by atoms with van der Waals surface area (Å²) in [5.74, 6) is 0. The van der Waals surface area contributed by atoms with Gasteiger partial charge in [-0.1, -0.05) is 23.7 Å². The van der Waals surface area contributed by atoms with Crippen LogP contribution in [-0.2, 0) is 0 Å². The highest BCUT2D eigenvalue weighted by molar-refractivity contribution is 6.30. The van der Waals surface area contributed by atoms with Crippen LogP contribution in [0.5, 0.6) is 0 Å². The summed E-state index contributed by atoms with van der Waals surface area (Å²) in [6.45, 7) is 2.00. The van der Waals surface area contributed by atoms with Crippen molar-refractivity contribution in [1.82, 2.24) is 19.7 Å². The van der Waals surface area contributed by atoms with Crippen LogP contribution in [0.3, 0.4) is 0 Å². The molecule has 0 radical (unpaired) electrons. The first-order chi connectivity index (χ1) is 12.5. The number of benzene rings is 1. The van der Waals surface area contributed by atoms with Crippen molar-refractivity contribution in [3.05, 3.63) is 56.1 Å². The highest BCUT2D eigenvalue weighted by atomic mass is 35.5.